The normalized spacial score (nSPS) is 20.7. The molecule has 4 aliphatic heterocycles. The number of hydrogen-bond acceptors (Lipinski definition) is 5. The smallest absolute Gasteiger partial charge is 0.397 e. The largest absolute Gasteiger partial charge is 0.418 e. The number of amides is 5. The number of alkyl halides is 3. The Bertz CT molecular complexity index is 1520. The molecule has 4 heterocycles. The van der Waals surface area contributed by atoms with Crippen molar-refractivity contribution >= 4 is 40.9 Å². The zero-order chi connectivity index (χ0) is 34.7. The minimum Gasteiger partial charge on any atom is -0.397 e. The molecule has 6 rings (SSSR count). The summed E-state index contributed by atoms with van der Waals surface area (Å²) in [6.45, 7) is 4.43. The zero-order valence-corrected chi connectivity index (χ0v) is 28.4. The van der Waals surface area contributed by atoms with E-state index in [1.165, 1.54) is 25.3 Å². The number of anilines is 2. The molecule has 10 nitrogen and oxygen atoms in total. The zero-order valence-electron chi connectivity index (χ0n) is 27.6. The number of fused-ring (bicyclic) bond motifs is 1. The van der Waals surface area contributed by atoms with Crippen LogP contribution in [0.25, 0.3) is 0 Å². The van der Waals surface area contributed by atoms with E-state index in [0.717, 1.165) is 49.7 Å². The maximum Gasteiger partial charge on any atom is 0.418 e. The highest BCUT2D eigenvalue weighted by molar-refractivity contribution is 6.33. The molecule has 0 saturated carbocycles. The van der Waals surface area contributed by atoms with Gasteiger partial charge >= 0.3 is 18.2 Å². The molecule has 266 valence electrons. The number of para-hydroxylation sites is 1. The molecular weight excluding hydrogens is 659 g/mol. The molecule has 49 heavy (non-hydrogen) atoms. The molecule has 0 unspecified atom stereocenters. The van der Waals surface area contributed by atoms with Gasteiger partial charge < -0.3 is 36.0 Å². The first-order valence-electron chi connectivity index (χ1n) is 17.4. The summed E-state index contributed by atoms with van der Waals surface area (Å²) >= 11 is 6.13. The van der Waals surface area contributed by atoms with Crippen LogP contribution in [0.4, 0.5) is 34.1 Å². The number of piperidine rings is 3. The van der Waals surface area contributed by atoms with Gasteiger partial charge in [-0.15, -0.1) is 0 Å². The number of likely N-dealkylation sites (tertiary alicyclic amines) is 3. The molecule has 0 radical (unpaired) electrons. The van der Waals surface area contributed by atoms with Crippen LogP contribution < -0.4 is 16.4 Å². The third kappa shape index (κ3) is 8.20. The fourth-order valence-corrected chi connectivity index (χ4v) is 8.02. The van der Waals surface area contributed by atoms with Gasteiger partial charge in [0.25, 0.3) is 0 Å². The molecule has 14 heteroatoms. The highest BCUT2D eigenvalue weighted by Gasteiger charge is 2.37. The molecule has 0 aliphatic carbocycles. The number of hydrogen-bond donors (Lipinski definition) is 3. The average Bonchev–Trinajstić information content (AvgIpc) is 3.27. The molecule has 0 aromatic heterocycles. The van der Waals surface area contributed by atoms with E-state index in [4.69, 9.17) is 17.3 Å². The van der Waals surface area contributed by atoms with Crippen molar-refractivity contribution in [2.24, 2.45) is 0 Å². The van der Waals surface area contributed by atoms with Crippen LogP contribution in [0, 0.1) is 0 Å². The third-order valence-corrected chi connectivity index (χ3v) is 10.9. The fraction of sp³-hybridized carbons (Fsp3) is 0.571. The maximum absolute atomic E-state index is 14.0. The molecule has 2 aromatic rings. The Morgan fingerprint density at radius 3 is 2.27 bits per heavy atom. The second-order valence-electron chi connectivity index (χ2n) is 13.6. The molecule has 5 amide bonds. The number of rotatable bonds is 6. The summed E-state index contributed by atoms with van der Waals surface area (Å²) in [6.07, 6.45) is 2.13. The number of urea groups is 2. The first-order valence-corrected chi connectivity index (χ1v) is 17.7. The second-order valence-corrected chi connectivity index (χ2v) is 14.1. The van der Waals surface area contributed by atoms with Gasteiger partial charge in [0, 0.05) is 56.9 Å². The highest BCUT2D eigenvalue weighted by atomic mass is 35.5. The Morgan fingerprint density at radius 2 is 1.57 bits per heavy atom. The van der Waals surface area contributed by atoms with Crippen LogP contribution in [0.5, 0.6) is 0 Å². The Kier molecular flexibility index (Phi) is 10.8. The minimum atomic E-state index is -4.74. The van der Waals surface area contributed by atoms with Crippen molar-refractivity contribution < 1.29 is 27.6 Å². The van der Waals surface area contributed by atoms with Crippen molar-refractivity contribution in [2.45, 2.75) is 82.1 Å². The SMILES string of the molecule is Nc1c(Cl)cc(C[C@@H](NC(=O)N2CCC(N3CCc4ccccc4NC3=O)CC2)C(=O)N2CCC(N3CCCCC3)CC2)cc1C(F)(F)F. The van der Waals surface area contributed by atoms with Gasteiger partial charge in [0.1, 0.15) is 6.04 Å². The third-order valence-electron chi connectivity index (χ3n) is 10.5. The van der Waals surface area contributed by atoms with E-state index in [1.807, 2.05) is 29.2 Å². The predicted octanol–water partition coefficient (Wildman–Crippen LogP) is 5.59. The number of nitrogen functional groups attached to an aromatic ring is 1. The van der Waals surface area contributed by atoms with E-state index in [1.54, 1.807) is 9.80 Å². The Morgan fingerprint density at radius 1 is 0.918 bits per heavy atom. The number of halogens is 4. The van der Waals surface area contributed by atoms with Crippen LogP contribution in [-0.4, -0.2) is 102 Å². The van der Waals surface area contributed by atoms with Gasteiger partial charge in [-0.05, 0) is 87.4 Å². The van der Waals surface area contributed by atoms with E-state index >= 15 is 0 Å². The number of nitrogens with two attached hydrogens (primary N) is 1. The lowest BCUT2D eigenvalue weighted by Crippen LogP contribution is -2.57. The molecule has 0 bridgehead atoms. The van der Waals surface area contributed by atoms with Crippen molar-refractivity contribution in [3.05, 3.63) is 58.1 Å². The van der Waals surface area contributed by atoms with Crippen LogP contribution in [0.3, 0.4) is 0 Å². The monoisotopic (exact) mass is 703 g/mol. The van der Waals surface area contributed by atoms with E-state index in [2.05, 4.69) is 15.5 Å². The fourth-order valence-electron chi connectivity index (χ4n) is 7.78. The summed E-state index contributed by atoms with van der Waals surface area (Å²) in [7, 11) is 0. The van der Waals surface area contributed by atoms with Gasteiger partial charge in [0.05, 0.1) is 16.3 Å². The summed E-state index contributed by atoms with van der Waals surface area (Å²) < 4.78 is 41.4. The molecule has 4 aliphatic rings. The second kappa shape index (κ2) is 15.0. The van der Waals surface area contributed by atoms with E-state index in [9.17, 15) is 27.6 Å². The van der Waals surface area contributed by atoms with Crippen molar-refractivity contribution in [3.63, 3.8) is 0 Å². The topological polar surface area (TPSA) is 114 Å². The lowest BCUT2D eigenvalue weighted by Gasteiger charge is -2.41. The lowest BCUT2D eigenvalue weighted by atomic mass is 9.97. The van der Waals surface area contributed by atoms with Crippen molar-refractivity contribution in [1.29, 1.82) is 0 Å². The summed E-state index contributed by atoms with van der Waals surface area (Å²) in [5, 5.41) is 5.60. The van der Waals surface area contributed by atoms with Crippen LogP contribution in [0.1, 0.15) is 61.6 Å². The van der Waals surface area contributed by atoms with Crippen LogP contribution in [0.15, 0.2) is 36.4 Å². The number of nitrogens with zero attached hydrogens (tertiary/aromatic N) is 4. The molecule has 3 saturated heterocycles. The van der Waals surface area contributed by atoms with Crippen LogP contribution in [0.2, 0.25) is 5.02 Å². The number of carbonyl (C=O) groups excluding carboxylic acids is 3. The van der Waals surface area contributed by atoms with E-state index in [0.29, 0.717) is 51.6 Å². The predicted molar refractivity (Wildman–Crippen MR) is 182 cm³/mol. The van der Waals surface area contributed by atoms with Gasteiger partial charge in [0.2, 0.25) is 5.91 Å². The van der Waals surface area contributed by atoms with Gasteiger partial charge in [-0.3, -0.25) is 4.79 Å². The molecule has 0 spiro atoms. The average molecular weight is 704 g/mol. The van der Waals surface area contributed by atoms with Crippen molar-refractivity contribution in [3.8, 4) is 0 Å². The number of benzene rings is 2. The van der Waals surface area contributed by atoms with Gasteiger partial charge in [-0.1, -0.05) is 36.2 Å². The summed E-state index contributed by atoms with van der Waals surface area (Å²) in [6, 6.07) is 8.57. The molecule has 4 N–H and O–H groups in total. The molecule has 1 atom stereocenters. The van der Waals surface area contributed by atoms with Crippen LogP contribution in [-0.2, 0) is 23.8 Å². The van der Waals surface area contributed by atoms with Gasteiger partial charge in [-0.25, -0.2) is 9.59 Å². The van der Waals surface area contributed by atoms with Crippen molar-refractivity contribution in [1.82, 2.24) is 24.9 Å². The summed E-state index contributed by atoms with van der Waals surface area (Å²) in [5.41, 5.74) is 6.06. The standard InChI is InChI=1S/C35H45ClF3N7O3/c36-28-21-23(20-27(31(28)40)35(37,38)39)22-30(32(47)44-15-9-25(10-16-44)43-13-4-1-5-14-43)42-33(48)45-17-11-26(12-18-45)46-19-8-24-6-2-3-7-29(24)41-34(46)49/h2-3,6-7,20-21,25-26,30H,1,4-5,8-19,22,40H2,(H,41,49)(H,42,48)/t30-/m1/s1. The summed E-state index contributed by atoms with van der Waals surface area (Å²) in [4.78, 5) is 48.4. The Balaban J connectivity index is 1.12. The molecule has 3 fully saturated rings. The first kappa shape index (κ1) is 35.1. The summed E-state index contributed by atoms with van der Waals surface area (Å²) in [5.74, 6) is -0.331. The first-order chi connectivity index (χ1) is 23.5. The van der Waals surface area contributed by atoms with Gasteiger partial charge in [-0.2, -0.15) is 13.2 Å². The van der Waals surface area contributed by atoms with E-state index < -0.39 is 29.5 Å². The van der Waals surface area contributed by atoms with Gasteiger partial charge in [0.15, 0.2) is 0 Å². The Labute approximate surface area is 290 Å². The van der Waals surface area contributed by atoms with Crippen LogP contribution >= 0.6 is 11.6 Å². The van der Waals surface area contributed by atoms with Crippen molar-refractivity contribution in [2.75, 3.05) is 56.9 Å². The molecular formula is C35H45ClF3N7O3. The van der Waals surface area contributed by atoms with E-state index in [-0.39, 0.29) is 35.0 Å². The minimum absolute atomic E-state index is 0.0605. The maximum atomic E-state index is 14.0. The Hall–Kier alpha value is -3.71. The number of carbonyl (C=O) groups is 3. The molecule has 2 aromatic carbocycles. The lowest BCUT2D eigenvalue weighted by molar-refractivity contribution is -0.137. The quantitative estimate of drug-likeness (QED) is 0.340. The highest BCUT2D eigenvalue weighted by Crippen LogP contribution is 2.38. The number of nitrogens with one attached hydrogen (secondary N) is 2.